The summed E-state index contributed by atoms with van der Waals surface area (Å²) in [5, 5.41) is 11.0. The minimum atomic E-state index is -1.24. The number of hydrogen-bond acceptors (Lipinski definition) is 4. The van der Waals surface area contributed by atoms with Gasteiger partial charge in [-0.1, -0.05) is 0 Å². The van der Waals surface area contributed by atoms with Crippen LogP contribution in [0.15, 0.2) is 18.2 Å². The predicted molar refractivity (Wildman–Crippen MR) is 71.1 cm³/mol. The zero-order valence-electron chi connectivity index (χ0n) is 11.1. The normalized spacial score (nSPS) is 11.9. The van der Waals surface area contributed by atoms with Gasteiger partial charge in [-0.25, -0.2) is 9.18 Å². The first-order valence-electron chi connectivity index (χ1n) is 6.04. The molecule has 0 saturated carbocycles. The van der Waals surface area contributed by atoms with E-state index < -0.39 is 23.7 Å². The van der Waals surface area contributed by atoms with Crippen molar-refractivity contribution in [1.82, 2.24) is 0 Å². The number of halogens is 1. The van der Waals surface area contributed by atoms with Crippen LogP contribution in [0.1, 0.15) is 23.2 Å². The first-order valence-corrected chi connectivity index (χ1v) is 6.04. The number of hydrogen-bond donors (Lipinski definition) is 3. The predicted octanol–water partition coefficient (Wildman–Crippen LogP) is 1.22. The zero-order valence-corrected chi connectivity index (χ0v) is 11.1. The molecule has 0 saturated heterocycles. The van der Waals surface area contributed by atoms with Crippen LogP contribution in [-0.2, 0) is 9.53 Å². The highest BCUT2D eigenvalue weighted by Gasteiger charge is 2.16. The molecule has 0 aliphatic heterocycles. The highest BCUT2D eigenvalue weighted by molar-refractivity contribution is 5.95. The Bertz CT molecular complexity index is 493. The summed E-state index contributed by atoms with van der Waals surface area (Å²) in [7, 11) is 1.55. The third-order valence-corrected chi connectivity index (χ3v) is 2.67. The molecule has 0 spiro atoms. The van der Waals surface area contributed by atoms with Crippen molar-refractivity contribution in [2.45, 2.75) is 18.9 Å². The van der Waals surface area contributed by atoms with E-state index in [1.54, 1.807) is 7.11 Å². The van der Waals surface area contributed by atoms with E-state index in [2.05, 4.69) is 5.32 Å². The number of aromatic carboxylic acids is 1. The zero-order chi connectivity index (χ0) is 15.1. The number of carboxylic acids is 1. The number of anilines is 1. The molecule has 0 bridgehead atoms. The Morgan fingerprint density at radius 3 is 2.75 bits per heavy atom. The molecule has 4 N–H and O–H groups in total. The van der Waals surface area contributed by atoms with Gasteiger partial charge in [0.25, 0.3) is 0 Å². The molecule has 1 rings (SSSR count). The van der Waals surface area contributed by atoms with E-state index in [0.717, 1.165) is 6.07 Å². The van der Waals surface area contributed by atoms with E-state index in [4.69, 9.17) is 15.6 Å². The monoisotopic (exact) mass is 284 g/mol. The molecule has 1 aromatic rings. The van der Waals surface area contributed by atoms with Gasteiger partial charge in [0.2, 0.25) is 5.91 Å². The highest BCUT2D eigenvalue weighted by Crippen LogP contribution is 2.16. The molecule has 1 atom stereocenters. The maximum atomic E-state index is 13.6. The number of carbonyl (C=O) groups is 2. The lowest BCUT2D eigenvalue weighted by atomic mass is 10.1. The van der Waals surface area contributed by atoms with Crippen LogP contribution < -0.4 is 11.1 Å². The van der Waals surface area contributed by atoms with Gasteiger partial charge < -0.3 is 20.9 Å². The van der Waals surface area contributed by atoms with E-state index in [0.29, 0.717) is 19.4 Å². The fraction of sp³-hybridized carbons (Fsp3) is 0.385. The average molecular weight is 284 g/mol. The number of carboxylic acid groups (broad SMARTS) is 1. The molecule has 0 aliphatic rings. The summed E-state index contributed by atoms with van der Waals surface area (Å²) in [6, 6.07) is 2.47. The number of methoxy groups -OCH3 is 1. The van der Waals surface area contributed by atoms with Crippen molar-refractivity contribution < 1.29 is 23.8 Å². The third-order valence-electron chi connectivity index (χ3n) is 2.67. The summed E-state index contributed by atoms with van der Waals surface area (Å²) in [6.45, 7) is 0.489. The average Bonchev–Trinajstić information content (AvgIpc) is 2.40. The molecule has 20 heavy (non-hydrogen) atoms. The molecule has 0 fully saturated rings. The molecule has 110 valence electrons. The van der Waals surface area contributed by atoms with Crippen molar-refractivity contribution in [2.75, 3.05) is 19.0 Å². The lowest BCUT2D eigenvalue weighted by Gasteiger charge is -2.12. The van der Waals surface area contributed by atoms with E-state index in [-0.39, 0.29) is 11.3 Å². The van der Waals surface area contributed by atoms with Crippen LogP contribution in [0.25, 0.3) is 0 Å². The molecule has 7 heteroatoms. The summed E-state index contributed by atoms with van der Waals surface area (Å²) < 4.78 is 18.4. The summed E-state index contributed by atoms with van der Waals surface area (Å²) in [5.41, 5.74) is 5.36. The Hall–Kier alpha value is -1.99. The Balaban J connectivity index is 2.64. The topological polar surface area (TPSA) is 102 Å². The first-order chi connectivity index (χ1) is 9.45. The van der Waals surface area contributed by atoms with Crippen LogP contribution >= 0.6 is 0 Å². The van der Waals surface area contributed by atoms with Gasteiger partial charge in [0, 0.05) is 13.7 Å². The van der Waals surface area contributed by atoms with Gasteiger partial charge in [-0.3, -0.25) is 4.79 Å². The quantitative estimate of drug-likeness (QED) is 0.653. The molecule has 0 aliphatic carbocycles. The fourth-order valence-corrected chi connectivity index (χ4v) is 1.55. The molecular weight excluding hydrogens is 267 g/mol. The SMILES string of the molecule is COCCCC(N)C(=O)Nc1ccc(C(=O)O)cc1F. The van der Waals surface area contributed by atoms with E-state index in [1.807, 2.05) is 0 Å². The minimum Gasteiger partial charge on any atom is -0.478 e. The Morgan fingerprint density at radius 2 is 2.20 bits per heavy atom. The lowest BCUT2D eigenvalue weighted by Crippen LogP contribution is -2.36. The smallest absolute Gasteiger partial charge is 0.335 e. The van der Waals surface area contributed by atoms with Crippen molar-refractivity contribution >= 4 is 17.6 Å². The van der Waals surface area contributed by atoms with Gasteiger partial charge in [-0.05, 0) is 31.0 Å². The molecule has 0 heterocycles. The van der Waals surface area contributed by atoms with Gasteiger partial charge in [0.1, 0.15) is 5.82 Å². The molecule has 1 amide bonds. The largest absolute Gasteiger partial charge is 0.478 e. The van der Waals surface area contributed by atoms with Crippen LogP contribution in [0, 0.1) is 5.82 Å². The number of benzene rings is 1. The van der Waals surface area contributed by atoms with Crippen LogP contribution in [0.5, 0.6) is 0 Å². The van der Waals surface area contributed by atoms with Crippen molar-refractivity contribution in [3.8, 4) is 0 Å². The molecule has 6 nitrogen and oxygen atoms in total. The second kappa shape index (κ2) is 7.56. The van der Waals surface area contributed by atoms with Crippen molar-refractivity contribution in [2.24, 2.45) is 5.73 Å². The Kier molecular flexibility index (Phi) is 6.08. The summed E-state index contributed by atoms with van der Waals surface area (Å²) in [5.74, 6) is -2.58. The number of amides is 1. The standard InChI is InChI=1S/C13H17FN2O4/c1-20-6-2-3-10(15)12(17)16-11-5-4-8(13(18)19)7-9(11)14/h4-5,7,10H,2-3,6,15H2,1H3,(H,16,17)(H,18,19). The first kappa shape index (κ1) is 16.1. The maximum Gasteiger partial charge on any atom is 0.335 e. The molecular formula is C13H17FN2O4. The van der Waals surface area contributed by atoms with E-state index in [9.17, 15) is 14.0 Å². The molecule has 0 radical (unpaired) electrons. The van der Waals surface area contributed by atoms with Crippen molar-refractivity contribution in [1.29, 1.82) is 0 Å². The van der Waals surface area contributed by atoms with Gasteiger partial charge in [0.15, 0.2) is 0 Å². The summed E-state index contributed by atoms with van der Waals surface area (Å²) in [6.07, 6.45) is 1.03. The van der Waals surface area contributed by atoms with Crippen molar-refractivity contribution in [3.05, 3.63) is 29.6 Å². The summed E-state index contributed by atoms with van der Waals surface area (Å²) >= 11 is 0. The van der Waals surface area contributed by atoms with Crippen LogP contribution in [-0.4, -0.2) is 36.7 Å². The van der Waals surface area contributed by atoms with E-state index in [1.165, 1.54) is 12.1 Å². The van der Waals surface area contributed by atoms with Gasteiger partial charge in [0.05, 0.1) is 17.3 Å². The van der Waals surface area contributed by atoms with Crippen LogP contribution in [0.3, 0.4) is 0 Å². The second-order valence-electron chi connectivity index (χ2n) is 4.23. The Labute approximate surface area is 115 Å². The molecule has 1 unspecified atom stereocenters. The van der Waals surface area contributed by atoms with Crippen LogP contribution in [0.2, 0.25) is 0 Å². The second-order valence-corrected chi connectivity index (χ2v) is 4.23. The van der Waals surface area contributed by atoms with Crippen LogP contribution in [0.4, 0.5) is 10.1 Å². The minimum absolute atomic E-state index is 0.0952. The number of nitrogens with one attached hydrogen (secondary N) is 1. The number of rotatable bonds is 7. The lowest BCUT2D eigenvalue weighted by molar-refractivity contribution is -0.117. The molecule has 0 aromatic heterocycles. The maximum absolute atomic E-state index is 13.6. The number of ether oxygens (including phenoxy) is 1. The summed E-state index contributed by atoms with van der Waals surface area (Å²) in [4.78, 5) is 22.4. The highest BCUT2D eigenvalue weighted by atomic mass is 19.1. The Morgan fingerprint density at radius 1 is 1.50 bits per heavy atom. The number of nitrogens with two attached hydrogens (primary N) is 1. The van der Waals surface area contributed by atoms with Crippen molar-refractivity contribution in [3.63, 3.8) is 0 Å². The fourth-order valence-electron chi connectivity index (χ4n) is 1.55. The van der Waals surface area contributed by atoms with Gasteiger partial charge in [-0.15, -0.1) is 0 Å². The third kappa shape index (κ3) is 4.60. The number of carbonyl (C=O) groups excluding carboxylic acids is 1. The van der Waals surface area contributed by atoms with Gasteiger partial charge >= 0.3 is 5.97 Å². The molecule has 1 aromatic carbocycles. The van der Waals surface area contributed by atoms with Gasteiger partial charge in [-0.2, -0.15) is 0 Å². The van der Waals surface area contributed by atoms with E-state index >= 15 is 0 Å².